The molecule has 3 rings (SSSR count). The molecule has 0 radical (unpaired) electrons. The van der Waals surface area contributed by atoms with E-state index in [-0.39, 0.29) is 17.9 Å². The summed E-state index contributed by atoms with van der Waals surface area (Å²) >= 11 is 1.62. The Hall–Kier alpha value is -2.18. The van der Waals surface area contributed by atoms with Crippen molar-refractivity contribution in [3.63, 3.8) is 0 Å². The molecular formula is C26H37N3O2S. The number of rotatable bonds is 11. The summed E-state index contributed by atoms with van der Waals surface area (Å²) in [5.74, 6) is -0.0713. The first-order chi connectivity index (χ1) is 15.5. The molecule has 0 unspecified atom stereocenters. The first-order valence-corrected chi connectivity index (χ1v) is 12.8. The van der Waals surface area contributed by atoms with E-state index in [9.17, 15) is 9.59 Å². The van der Waals surface area contributed by atoms with Gasteiger partial charge in [-0.2, -0.15) is 0 Å². The largest absolute Gasteiger partial charge is 0.354 e. The van der Waals surface area contributed by atoms with E-state index in [1.807, 2.05) is 46.7 Å². The molecule has 32 heavy (non-hydrogen) atoms. The minimum atomic E-state index is -0.410. The molecule has 5 nitrogen and oxygen atoms in total. The fraction of sp³-hybridized carbons (Fsp3) is 0.538. The maximum atomic E-state index is 13.6. The molecular weight excluding hydrogens is 418 g/mol. The third-order valence-electron chi connectivity index (χ3n) is 5.92. The minimum Gasteiger partial charge on any atom is -0.354 e. The van der Waals surface area contributed by atoms with Crippen LogP contribution in [0.25, 0.3) is 0 Å². The van der Waals surface area contributed by atoms with E-state index in [1.165, 1.54) is 0 Å². The van der Waals surface area contributed by atoms with Crippen LogP contribution in [0.4, 0.5) is 0 Å². The lowest BCUT2D eigenvalue weighted by molar-refractivity contribution is -0.124. The summed E-state index contributed by atoms with van der Waals surface area (Å²) in [5, 5.41) is 5.23. The maximum Gasteiger partial charge on any atom is 0.254 e. The quantitative estimate of drug-likeness (QED) is 0.523. The summed E-state index contributed by atoms with van der Waals surface area (Å²) in [6.07, 6.45) is 2.22. The number of thiophene rings is 1. The Morgan fingerprint density at radius 3 is 2.44 bits per heavy atom. The Balaban J connectivity index is 1.90. The first kappa shape index (κ1) is 24.5. The molecule has 1 aromatic heterocycles. The van der Waals surface area contributed by atoms with Gasteiger partial charge in [0, 0.05) is 30.1 Å². The summed E-state index contributed by atoms with van der Waals surface area (Å²) in [5.41, 5.74) is 1.49. The molecule has 1 aliphatic rings. The Kier molecular flexibility index (Phi) is 8.88. The third-order valence-corrected chi connectivity index (χ3v) is 6.87. The van der Waals surface area contributed by atoms with Gasteiger partial charge < -0.3 is 15.1 Å². The molecule has 0 saturated carbocycles. The van der Waals surface area contributed by atoms with Gasteiger partial charge in [0.15, 0.2) is 0 Å². The van der Waals surface area contributed by atoms with E-state index in [0.717, 1.165) is 42.9 Å². The number of carbonyl (C=O) groups is 2. The molecule has 1 N–H and O–H groups in total. The molecule has 1 aromatic carbocycles. The van der Waals surface area contributed by atoms with Crippen LogP contribution in [0.1, 0.15) is 73.3 Å². The average Bonchev–Trinajstić information content (AvgIpc) is 3.30. The second-order valence-corrected chi connectivity index (χ2v) is 9.99. The summed E-state index contributed by atoms with van der Waals surface area (Å²) in [7, 11) is 0. The number of carbonyl (C=O) groups excluding carboxylic acids is 2. The molecule has 2 atom stereocenters. The Morgan fingerprint density at radius 1 is 1.09 bits per heavy atom. The number of fused-ring (bicyclic) bond motifs is 1. The van der Waals surface area contributed by atoms with Crippen LogP contribution in [-0.4, -0.2) is 54.3 Å². The lowest BCUT2D eigenvalue weighted by Crippen LogP contribution is -2.49. The van der Waals surface area contributed by atoms with Gasteiger partial charge in [-0.05, 0) is 54.9 Å². The smallest absolute Gasteiger partial charge is 0.254 e. The summed E-state index contributed by atoms with van der Waals surface area (Å²) < 4.78 is 0. The highest BCUT2D eigenvalue weighted by molar-refractivity contribution is 7.10. The highest BCUT2D eigenvalue weighted by atomic mass is 32.1. The molecule has 2 heterocycles. The van der Waals surface area contributed by atoms with Gasteiger partial charge in [-0.15, -0.1) is 11.3 Å². The van der Waals surface area contributed by atoms with Gasteiger partial charge in [0.2, 0.25) is 5.91 Å². The minimum absolute atomic E-state index is 0.00468. The van der Waals surface area contributed by atoms with Crippen molar-refractivity contribution in [3.8, 4) is 0 Å². The fourth-order valence-corrected chi connectivity index (χ4v) is 5.54. The summed E-state index contributed by atoms with van der Waals surface area (Å²) in [6, 6.07) is 11.4. The summed E-state index contributed by atoms with van der Waals surface area (Å²) in [4.78, 5) is 32.5. The number of nitrogens with zero attached hydrogens (tertiary/aromatic N) is 2. The van der Waals surface area contributed by atoms with Gasteiger partial charge >= 0.3 is 0 Å². The number of benzene rings is 1. The standard InChI is InChI=1S/C26H37N3O2S/c1-5-14-28(15-6-2)16-13-27-25(30)23-20-10-7-8-11-21(20)26(31)29(18-19(3)4)24(23)22-12-9-17-32-22/h7-12,17,19,23-24H,5-6,13-16,18H2,1-4H3,(H,27,30)/t23-,24+/m0/s1. The second-order valence-electron chi connectivity index (χ2n) is 9.01. The van der Waals surface area contributed by atoms with Gasteiger partial charge in [-0.3, -0.25) is 9.59 Å². The molecule has 0 aliphatic carbocycles. The van der Waals surface area contributed by atoms with Crippen LogP contribution < -0.4 is 5.32 Å². The SMILES string of the molecule is CCCN(CCC)CCNC(=O)[C@H]1c2ccccc2C(=O)N(CC(C)C)[C@@H]1c1cccs1. The molecule has 0 saturated heterocycles. The first-order valence-electron chi connectivity index (χ1n) is 11.9. The zero-order chi connectivity index (χ0) is 23.1. The van der Waals surface area contributed by atoms with Crippen molar-refractivity contribution in [2.24, 2.45) is 5.92 Å². The lowest BCUT2D eigenvalue weighted by Gasteiger charge is -2.42. The van der Waals surface area contributed by atoms with Gasteiger partial charge in [-0.25, -0.2) is 0 Å². The van der Waals surface area contributed by atoms with Crippen LogP contribution in [0.2, 0.25) is 0 Å². The molecule has 2 amide bonds. The number of hydrogen-bond acceptors (Lipinski definition) is 4. The van der Waals surface area contributed by atoms with Crippen LogP contribution in [0, 0.1) is 5.92 Å². The van der Waals surface area contributed by atoms with E-state index < -0.39 is 5.92 Å². The van der Waals surface area contributed by atoms with Crippen LogP contribution in [0.5, 0.6) is 0 Å². The van der Waals surface area contributed by atoms with E-state index >= 15 is 0 Å². The van der Waals surface area contributed by atoms with Gasteiger partial charge in [-0.1, -0.05) is 52.0 Å². The molecule has 0 spiro atoms. The maximum absolute atomic E-state index is 13.6. The molecule has 2 aromatic rings. The Labute approximate surface area is 196 Å². The number of hydrogen-bond donors (Lipinski definition) is 1. The molecule has 0 fully saturated rings. The van der Waals surface area contributed by atoms with E-state index in [2.05, 4.69) is 37.9 Å². The van der Waals surface area contributed by atoms with Crippen molar-refractivity contribution in [1.29, 1.82) is 0 Å². The van der Waals surface area contributed by atoms with Crippen molar-refractivity contribution in [3.05, 3.63) is 57.8 Å². The van der Waals surface area contributed by atoms with Crippen molar-refractivity contribution in [2.45, 2.75) is 52.5 Å². The van der Waals surface area contributed by atoms with E-state index in [0.29, 0.717) is 24.6 Å². The van der Waals surface area contributed by atoms with E-state index in [4.69, 9.17) is 0 Å². The molecule has 6 heteroatoms. The van der Waals surface area contributed by atoms with Crippen LogP contribution in [-0.2, 0) is 4.79 Å². The normalized spacial score (nSPS) is 18.3. The van der Waals surface area contributed by atoms with Gasteiger partial charge in [0.05, 0.1) is 12.0 Å². The van der Waals surface area contributed by atoms with Gasteiger partial charge in [0.1, 0.15) is 0 Å². The highest BCUT2D eigenvalue weighted by Crippen LogP contribution is 2.44. The van der Waals surface area contributed by atoms with Crippen molar-refractivity contribution in [2.75, 3.05) is 32.7 Å². The highest BCUT2D eigenvalue weighted by Gasteiger charge is 2.44. The second kappa shape index (κ2) is 11.6. The Morgan fingerprint density at radius 2 is 1.81 bits per heavy atom. The summed E-state index contributed by atoms with van der Waals surface area (Å²) in [6.45, 7) is 12.8. The third kappa shape index (κ3) is 5.59. The van der Waals surface area contributed by atoms with E-state index in [1.54, 1.807) is 11.3 Å². The predicted octanol–water partition coefficient (Wildman–Crippen LogP) is 4.92. The zero-order valence-corrected chi connectivity index (χ0v) is 20.7. The van der Waals surface area contributed by atoms with Crippen LogP contribution in [0.15, 0.2) is 41.8 Å². The zero-order valence-electron chi connectivity index (χ0n) is 19.8. The lowest BCUT2D eigenvalue weighted by atomic mass is 9.81. The van der Waals surface area contributed by atoms with Crippen molar-refractivity contribution >= 4 is 23.2 Å². The van der Waals surface area contributed by atoms with Crippen LogP contribution >= 0.6 is 11.3 Å². The van der Waals surface area contributed by atoms with Crippen molar-refractivity contribution in [1.82, 2.24) is 15.1 Å². The van der Waals surface area contributed by atoms with Crippen molar-refractivity contribution < 1.29 is 9.59 Å². The molecule has 0 bridgehead atoms. The topological polar surface area (TPSA) is 52.7 Å². The number of nitrogens with one attached hydrogen (secondary N) is 1. The average molecular weight is 456 g/mol. The van der Waals surface area contributed by atoms with Crippen LogP contribution in [0.3, 0.4) is 0 Å². The number of amides is 2. The molecule has 174 valence electrons. The monoisotopic (exact) mass is 455 g/mol. The fourth-order valence-electron chi connectivity index (χ4n) is 4.66. The molecule has 1 aliphatic heterocycles. The Bertz CT molecular complexity index is 875. The van der Waals surface area contributed by atoms with Gasteiger partial charge in [0.25, 0.3) is 5.91 Å². The predicted molar refractivity (Wildman–Crippen MR) is 132 cm³/mol.